The highest BCUT2D eigenvalue weighted by atomic mass is 19.1. The van der Waals surface area contributed by atoms with Crippen molar-refractivity contribution in [1.82, 2.24) is 35.1 Å². The van der Waals surface area contributed by atoms with Crippen molar-refractivity contribution in [2.24, 2.45) is 0 Å². The molecule has 0 unspecified atom stereocenters. The quantitative estimate of drug-likeness (QED) is 0.441. The number of pyridine rings is 2. The Balaban J connectivity index is 1.53. The van der Waals surface area contributed by atoms with Gasteiger partial charge in [-0.15, -0.1) is 0 Å². The minimum Gasteiger partial charge on any atom is -0.353 e. The van der Waals surface area contributed by atoms with Crippen LogP contribution in [0.3, 0.4) is 0 Å². The number of aromatic nitrogens is 7. The Bertz CT molecular complexity index is 1550. The van der Waals surface area contributed by atoms with Crippen molar-refractivity contribution in [3.63, 3.8) is 0 Å². The topological polar surface area (TPSA) is 96.0 Å². The van der Waals surface area contributed by atoms with Crippen LogP contribution in [0.1, 0.15) is 0 Å². The molecular formula is C23H14FN7. The van der Waals surface area contributed by atoms with Crippen LogP contribution in [0, 0.1) is 5.82 Å². The lowest BCUT2D eigenvalue weighted by Crippen LogP contribution is -1.87. The van der Waals surface area contributed by atoms with E-state index < -0.39 is 0 Å². The molecule has 0 saturated heterocycles. The summed E-state index contributed by atoms with van der Waals surface area (Å²) in [5.41, 5.74) is 5.81. The highest BCUT2D eigenvalue weighted by Gasteiger charge is 2.16. The minimum atomic E-state index is -0.309. The van der Waals surface area contributed by atoms with E-state index in [1.54, 1.807) is 43.0 Å². The molecule has 0 fully saturated rings. The van der Waals surface area contributed by atoms with Crippen LogP contribution in [0.2, 0.25) is 0 Å². The van der Waals surface area contributed by atoms with Gasteiger partial charge in [0.2, 0.25) is 0 Å². The summed E-state index contributed by atoms with van der Waals surface area (Å²) in [5, 5.41) is 9.25. The van der Waals surface area contributed by atoms with E-state index in [2.05, 4.69) is 35.1 Å². The summed E-state index contributed by atoms with van der Waals surface area (Å²) in [4.78, 5) is 20.4. The minimum absolute atomic E-state index is 0.309. The fourth-order valence-electron chi connectivity index (χ4n) is 3.76. The van der Waals surface area contributed by atoms with E-state index in [4.69, 9.17) is 0 Å². The monoisotopic (exact) mass is 407 g/mol. The van der Waals surface area contributed by atoms with Crippen LogP contribution in [-0.2, 0) is 0 Å². The molecule has 2 N–H and O–H groups in total. The molecule has 0 radical (unpaired) electrons. The van der Waals surface area contributed by atoms with Gasteiger partial charge in [0.05, 0.1) is 28.8 Å². The molecule has 6 rings (SSSR count). The van der Waals surface area contributed by atoms with Gasteiger partial charge in [0, 0.05) is 46.0 Å². The van der Waals surface area contributed by atoms with Crippen LogP contribution in [0.5, 0.6) is 0 Å². The van der Waals surface area contributed by atoms with Crippen molar-refractivity contribution >= 4 is 21.8 Å². The lowest BCUT2D eigenvalue weighted by atomic mass is 10.1. The van der Waals surface area contributed by atoms with Gasteiger partial charge in [-0.25, -0.2) is 14.4 Å². The van der Waals surface area contributed by atoms with Gasteiger partial charge in [0.15, 0.2) is 0 Å². The Morgan fingerprint density at radius 3 is 2.52 bits per heavy atom. The number of nitrogens with zero attached hydrogens (tertiary/aromatic N) is 5. The smallest absolute Gasteiger partial charge is 0.132 e. The summed E-state index contributed by atoms with van der Waals surface area (Å²) in [6.07, 6.45) is 8.33. The van der Waals surface area contributed by atoms with Gasteiger partial charge in [-0.05, 0) is 30.3 Å². The first-order chi connectivity index (χ1) is 15.3. The van der Waals surface area contributed by atoms with Gasteiger partial charge in [-0.3, -0.25) is 15.1 Å². The van der Waals surface area contributed by atoms with Gasteiger partial charge >= 0.3 is 0 Å². The van der Waals surface area contributed by atoms with Crippen molar-refractivity contribution in [1.29, 1.82) is 0 Å². The number of halogens is 1. The van der Waals surface area contributed by atoms with Crippen LogP contribution in [0.25, 0.3) is 55.7 Å². The Hall–Kier alpha value is -4.46. The van der Waals surface area contributed by atoms with Crippen molar-refractivity contribution in [3.05, 3.63) is 79.4 Å². The van der Waals surface area contributed by atoms with E-state index >= 15 is 0 Å². The summed E-state index contributed by atoms with van der Waals surface area (Å²) in [5.74, 6) is -0.309. The van der Waals surface area contributed by atoms with Gasteiger partial charge < -0.3 is 4.98 Å². The first kappa shape index (κ1) is 17.4. The number of rotatable bonds is 3. The van der Waals surface area contributed by atoms with Gasteiger partial charge in [0.25, 0.3) is 0 Å². The molecule has 0 spiro atoms. The van der Waals surface area contributed by atoms with E-state index in [0.29, 0.717) is 11.3 Å². The maximum atomic E-state index is 14.4. The standard InChI is InChI=1S/C23H14FN7/c24-17-4-2-1-3-14(17)22-15-8-20(29-18(15)5-6-27-22)23-16-7-19(13-9-25-12-26-10-13)28-11-21(16)30-31-23/h1-12,29H,(H,30,31). The molecule has 0 bridgehead atoms. The SMILES string of the molecule is Fc1ccccc1-c1nccc2[nH]c(-c3n[nH]c4cnc(-c5cncnc5)cc34)cc12. The molecular weight excluding hydrogens is 393 g/mol. The number of hydrogen-bond donors (Lipinski definition) is 2. The Morgan fingerprint density at radius 2 is 1.65 bits per heavy atom. The Labute approximate surface area is 175 Å². The molecule has 0 aliphatic carbocycles. The van der Waals surface area contributed by atoms with Gasteiger partial charge in [-0.1, -0.05) is 12.1 Å². The van der Waals surface area contributed by atoms with Crippen LogP contribution >= 0.6 is 0 Å². The number of benzene rings is 1. The summed E-state index contributed by atoms with van der Waals surface area (Å²) in [7, 11) is 0. The summed E-state index contributed by atoms with van der Waals surface area (Å²) in [6.45, 7) is 0. The van der Waals surface area contributed by atoms with Crippen LogP contribution in [0.4, 0.5) is 4.39 Å². The molecule has 5 aromatic heterocycles. The zero-order valence-electron chi connectivity index (χ0n) is 16.0. The van der Waals surface area contributed by atoms with E-state index in [1.165, 1.54) is 12.4 Å². The van der Waals surface area contributed by atoms with E-state index in [0.717, 1.165) is 44.5 Å². The largest absolute Gasteiger partial charge is 0.353 e. The fourth-order valence-corrected chi connectivity index (χ4v) is 3.76. The average Bonchev–Trinajstić information content (AvgIpc) is 3.43. The molecule has 0 atom stereocenters. The normalized spacial score (nSPS) is 11.4. The maximum Gasteiger partial charge on any atom is 0.132 e. The summed E-state index contributed by atoms with van der Waals surface area (Å²) < 4.78 is 14.4. The number of hydrogen-bond acceptors (Lipinski definition) is 5. The highest BCUT2D eigenvalue weighted by molar-refractivity contribution is 6.00. The zero-order chi connectivity index (χ0) is 20.8. The van der Waals surface area contributed by atoms with Gasteiger partial charge in [0.1, 0.15) is 17.8 Å². The van der Waals surface area contributed by atoms with Gasteiger partial charge in [-0.2, -0.15) is 5.10 Å². The lowest BCUT2D eigenvalue weighted by Gasteiger charge is -2.03. The van der Waals surface area contributed by atoms with E-state index in [-0.39, 0.29) is 5.82 Å². The molecule has 0 saturated carbocycles. The molecule has 0 aliphatic heterocycles. The number of aromatic amines is 2. The number of H-pyrrole nitrogens is 2. The summed E-state index contributed by atoms with van der Waals surface area (Å²) >= 11 is 0. The molecule has 0 aliphatic rings. The first-order valence-corrected chi connectivity index (χ1v) is 9.60. The summed E-state index contributed by atoms with van der Waals surface area (Å²) in [6, 6.07) is 12.4. The van der Waals surface area contributed by atoms with Crippen molar-refractivity contribution in [2.45, 2.75) is 0 Å². The Morgan fingerprint density at radius 1 is 0.806 bits per heavy atom. The van der Waals surface area contributed by atoms with Crippen molar-refractivity contribution in [2.75, 3.05) is 0 Å². The second kappa shape index (κ2) is 6.81. The van der Waals surface area contributed by atoms with Crippen LogP contribution < -0.4 is 0 Å². The predicted molar refractivity (Wildman–Crippen MR) is 115 cm³/mol. The molecule has 8 heteroatoms. The maximum absolute atomic E-state index is 14.4. The van der Waals surface area contributed by atoms with Crippen LogP contribution in [-0.4, -0.2) is 35.1 Å². The molecule has 5 heterocycles. The number of fused-ring (bicyclic) bond motifs is 2. The van der Waals surface area contributed by atoms with Crippen LogP contribution in [0.15, 0.2) is 73.6 Å². The van der Waals surface area contributed by atoms with Crippen molar-refractivity contribution in [3.8, 4) is 33.9 Å². The zero-order valence-corrected chi connectivity index (χ0v) is 16.0. The molecule has 6 aromatic rings. The fraction of sp³-hybridized carbons (Fsp3) is 0. The highest BCUT2D eigenvalue weighted by Crippen LogP contribution is 2.34. The third-order valence-electron chi connectivity index (χ3n) is 5.24. The number of nitrogens with one attached hydrogen (secondary N) is 2. The molecule has 148 valence electrons. The third-order valence-corrected chi connectivity index (χ3v) is 5.24. The average molecular weight is 407 g/mol. The molecule has 7 nitrogen and oxygen atoms in total. The van der Waals surface area contributed by atoms with E-state index in [1.807, 2.05) is 18.2 Å². The predicted octanol–water partition coefficient (Wildman–Crippen LogP) is 4.76. The third kappa shape index (κ3) is 2.84. The Kier molecular flexibility index (Phi) is 3.82. The lowest BCUT2D eigenvalue weighted by molar-refractivity contribution is 0.631. The first-order valence-electron chi connectivity index (χ1n) is 9.60. The molecule has 31 heavy (non-hydrogen) atoms. The van der Waals surface area contributed by atoms with E-state index in [9.17, 15) is 4.39 Å². The second-order valence-electron chi connectivity index (χ2n) is 7.10. The molecule has 1 aromatic carbocycles. The van der Waals surface area contributed by atoms with Crippen molar-refractivity contribution < 1.29 is 4.39 Å². The molecule has 0 amide bonds. The second-order valence-corrected chi connectivity index (χ2v) is 7.10.